The summed E-state index contributed by atoms with van der Waals surface area (Å²) in [5.41, 5.74) is -0.199. The lowest BCUT2D eigenvalue weighted by atomic mass is 10.1. The zero-order valence-electron chi connectivity index (χ0n) is 11.4. The van der Waals surface area contributed by atoms with Crippen molar-refractivity contribution < 1.29 is 18.6 Å². The van der Waals surface area contributed by atoms with Crippen LogP contribution in [0.15, 0.2) is 29.2 Å². The average Bonchev–Trinajstić information content (AvgIpc) is 2.26. The van der Waals surface area contributed by atoms with Gasteiger partial charge in [0, 0.05) is 19.3 Å². The molecular weight excluding hydrogens is 266 g/mol. The van der Waals surface area contributed by atoms with Gasteiger partial charge in [-0.15, -0.1) is 0 Å². The lowest BCUT2D eigenvalue weighted by molar-refractivity contribution is 0.0739. The van der Waals surface area contributed by atoms with Crippen LogP contribution in [0.3, 0.4) is 0 Å². The first-order chi connectivity index (χ1) is 8.59. The molecule has 0 amide bonds. The van der Waals surface area contributed by atoms with E-state index in [1.54, 1.807) is 26.0 Å². The SMILES string of the molecule is CC(C)(O)CNCC(O)c1ccc(S(C)(=O)=O)cc1. The second kappa shape index (κ2) is 6.00. The molecule has 0 aliphatic carbocycles. The van der Waals surface area contributed by atoms with Gasteiger partial charge in [-0.1, -0.05) is 12.1 Å². The third-order valence-corrected chi connectivity index (χ3v) is 3.72. The molecule has 5 nitrogen and oxygen atoms in total. The Kier molecular flexibility index (Phi) is 5.09. The molecule has 0 fully saturated rings. The van der Waals surface area contributed by atoms with E-state index in [2.05, 4.69) is 5.32 Å². The molecule has 1 aromatic rings. The van der Waals surface area contributed by atoms with Gasteiger partial charge in [-0.25, -0.2) is 8.42 Å². The molecule has 0 spiro atoms. The highest BCUT2D eigenvalue weighted by molar-refractivity contribution is 7.90. The van der Waals surface area contributed by atoms with Crippen LogP contribution in [0.1, 0.15) is 25.5 Å². The van der Waals surface area contributed by atoms with Gasteiger partial charge in [0.15, 0.2) is 9.84 Å². The molecule has 1 aromatic carbocycles. The molecule has 3 N–H and O–H groups in total. The first-order valence-electron chi connectivity index (χ1n) is 6.01. The maximum absolute atomic E-state index is 11.3. The van der Waals surface area contributed by atoms with Crippen LogP contribution >= 0.6 is 0 Å². The van der Waals surface area contributed by atoms with E-state index in [1.165, 1.54) is 12.1 Å². The minimum Gasteiger partial charge on any atom is -0.389 e. The van der Waals surface area contributed by atoms with Gasteiger partial charge < -0.3 is 15.5 Å². The number of aliphatic hydroxyl groups excluding tert-OH is 1. The largest absolute Gasteiger partial charge is 0.389 e. The fourth-order valence-electron chi connectivity index (χ4n) is 1.57. The quantitative estimate of drug-likeness (QED) is 0.708. The van der Waals surface area contributed by atoms with E-state index >= 15 is 0 Å². The normalized spacial score (nSPS) is 14.4. The molecule has 19 heavy (non-hydrogen) atoms. The highest BCUT2D eigenvalue weighted by Gasteiger charge is 2.14. The van der Waals surface area contributed by atoms with Crippen LogP contribution in [0.2, 0.25) is 0 Å². The van der Waals surface area contributed by atoms with Gasteiger partial charge in [0.1, 0.15) is 0 Å². The van der Waals surface area contributed by atoms with Gasteiger partial charge in [-0.05, 0) is 31.5 Å². The Bertz CT molecular complexity index is 502. The van der Waals surface area contributed by atoms with Crippen LogP contribution in [0.5, 0.6) is 0 Å². The highest BCUT2D eigenvalue weighted by atomic mass is 32.2. The molecular formula is C13H21NO4S. The minimum absolute atomic E-state index is 0.230. The number of hydrogen-bond acceptors (Lipinski definition) is 5. The average molecular weight is 287 g/mol. The van der Waals surface area contributed by atoms with Crippen molar-refractivity contribution in [2.24, 2.45) is 0 Å². The summed E-state index contributed by atoms with van der Waals surface area (Å²) in [5, 5.41) is 22.4. The van der Waals surface area contributed by atoms with Crippen LogP contribution < -0.4 is 5.32 Å². The van der Waals surface area contributed by atoms with E-state index in [4.69, 9.17) is 0 Å². The van der Waals surface area contributed by atoms with E-state index in [1.807, 2.05) is 0 Å². The molecule has 0 saturated heterocycles. The standard InChI is InChI=1S/C13H21NO4S/c1-13(2,16)9-14-8-12(15)10-4-6-11(7-5-10)19(3,17)18/h4-7,12,14-16H,8-9H2,1-3H3. The van der Waals surface area contributed by atoms with Gasteiger partial charge in [0.05, 0.1) is 16.6 Å². The number of hydrogen-bond donors (Lipinski definition) is 3. The molecule has 6 heteroatoms. The number of aliphatic hydroxyl groups is 2. The van der Waals surface area contributed by atoms with Gasteiger partial charge in [0.2, 0.25) is 0 Å². The van der Waals surface area contributed by atoms with E-state index in [-0.39, 0.29) is 4.90 Å². The van der Waals surface area contributed by atoms with Gasteiger partial charge in [0.25, 0.3) is 0 Å². The first-order valence-corrected chi connectivity index (χ1v) is 7.90. The van der Waals surface area contributed by atoms with Crippen molar-refractivity contribution in [3.63, 3.8) is 0 Å². The fourth-order valence-corrected chi connectivity index (χ4v) is 2.20. The van der Waals surface area contributed by atoms with Crippen molar-refractivity contribution >= 4 is 9.84 Å². The number of benzene rings is 1. The third kappa shape index (κ3) is 5.69. The van der Waals surface area contributed by atoms with Crippen molar-refractivity contribution in [2.45, 2.75) is 30.4 Å². The predicted molar refractivity (Wildman–Crippen MR) is 73.7 cm³/mol. The summed E-state index contributed by atoms with van der Waals surface area (Å²) < 4.78 is 22.6. The Balaban J connectivity index is 2.61. The van der Waals surface area contributed by atoms with Crippen LogP contribution in [-0.2, 0) is 9.84 Å². The minimum atomic E-state index is -3.21. The molecule has 1 rings (SSSR count). The Morgan fingerprint density at radius 1 is 1.26 bits per heavy atom. The second-order valence-electron chi connectivity index (χ2n) is 5.30. The Labute approximate surface area is 114 Å². The monoisotopic (exact) mass is 287 g/mol. The molecule has 1 unspecified atom stereocenters. The summed E-state index contributed by atoms with van der Waals surface area (Å²) >= 11 is 0. The first kappa shape index (κ1) is 16.1. The van der Waals surface area contributed by atoms with Gasteiger partial charge in [-0.3, -0.25) is 0 Å². The fraction of sp³-hybridized carbons (Fsp3) is 0.538. The molecule has 1 atom stereocenters. The summed E-state index contributed by atoms with van der Waals surface area (Å²) in [4.78, 5) is 0.230. The zero-order valence-corrected chi connectivity index (χ0v) is 12.2. The summed E-state index contributed by atoms with van der Waals surface area (Å²) in [6, 6.07) is 6.13. The van der Waals surface area contributed by atoms with E-state index in [9.17, 15) is 18.6 Å². The molecule has 0 aliphatic heterocycles. The number of nitrogens with one attached hydrogen (secondary N) is 1. The van der Waals surface area contributed by atoms with E-state index in [0.717, 1.165) is 6.26 Å². The van der Waals surface area contributed by atoms with Crippen molar-refractivity contribution in [3.8, 4) is 0 Å². The molecule has 0 radical (unpaired) electrons. The van der Waals surface area contributed by atoms with E-state index < -0.39 is 21.5 Å². The van der Waals surface area contributed by atoms with Crippen molar-refractivity contribution in [1.82, 2.24) is 5.32 Å². The van der Waals surface area contributed by atoms with E-state index in [0.29, 0.717) is 18.7 Å². The number of rotatable bonds is 6. The molecule has 0 bridgehead atoms. The van der Waals surface area contributed by atoms with Crippen LogP contribution in [0, 0.1) is 0 Å². The lowest BCUT2D eigenvalue weighted by Gasteiger charge is -2.19. The number of sulfone groups is 1. The van der Waals surface area contributed by atoms with Crippen molar-refractivity contribution in [2.75, 3.05) is 19.3 Å². The van der Waals surface area contributed by atoms with Gasteiger partial charge in [-0.2, -0.15) is 0 Å². The molecule has 0 saturated carbocycles. The predicted octanol–water partition coefficient (Wildman–Crippen LogP) is 0.484. The van der Waals surface area contributed by atoms with Crippen molar-refractivity contribution in [3.05, 3.63) is 29.8 Å². The molecule has 0 aliphatic rings. The third-order valence-electron chi connectivity index (χ3n) is 2.59. The van der Waals surface area contributed by atoms with Crippen molar-refractivity contribution in [1.29, 1.82) is 0 Å². The molecule has 0 heterocycles. The van der Waals surface area contributed by atoms with Crippen LogP contribution in [-0.4, -0.2) is 43.6 Å². The molecule has 0 aromatic heterocycles. The lowest BCUT2D eigenvalue weighted by Crippen LogP contribution is -2.36. The topological polar surface area (TPSA) is 86.6 Å². The Morgan fingerprint density at radius 3 is 2.21 bits per heavy atom. The maximum Gasteiger partial charge on any atom is 0.175 e. The smallest absolute Gasteiger partial charge is 0.175 e. The van der Waals surface area contributed by atoms with Gasteiger partial charge >= 0.3 is 0 Å². The summed E-state index contributed by atoms with van der Waals surface area (Å²) in [6.45, 7) is 4.01. The Morgan fingerprint density at radius 2 is 1.79 bits per heavy atom. The zero-order chi connectivity index (χ0) is 14.7. The second-order valence-corrected chi connectivity index (χ2v) is 7.32. The van der Waals surface area contributed by atoms with Crippen LogP contribution in [0.4, 0.5) is 0 Å². The molecule has 108 valence electrons. The maximum atomic E-state index is 11.3. The summed E-state index contributed by atoms with van der Waals surface area (Å²) in [6.07, 6.45) is 0.402. The Hall–Kier alpha value is -0.950. The highest BCUT2D eigenvalue weighted by Crippen LogP contribution is 2.16. The van der Waals surface area contributed by atoms with Crippen LogP contribution in [0.25, 0.3) is 0 Å². The summed E-state index contributed by atoms with van der Waals surface area (Å²) in [7, 11) is -3.21. The summed E-state index contributed by atoms with van der Waals surface area (Å²) in [5.74, 6) is 0.